The van der Waals surface area contributed by atoms with Gasteiger partial charge < -0.3 is 10.0 Å². The molecule has 1 N–H and O–H groups in total. The highest BCUT2D eigenvalue weighted by Gasteiger charge is 2.31. The maximum absolute atomic E-state index is 13.6. The van der Waals surface area contributed by atoms with E-state index in [1.807, 2.05) is 0 Å². The molecule has 2 aromatic carbocycles. The molecule has 160 valence electrons. The predicted octanol–water partition coefficient (Wildman–Crippen LogP) is 3.99. The molecular formula is C22H21F2N5OS. The number of hydrogen-bond acceptors (Lipinski definition) is 6. The molecule has 1 fully saturated rings. The Morgan fingerprint density at radius 2 is 1.55 bits per heavy atom. The van der Waals surface area contributed by atoms with Crippen molar-refractivity contribution >= 4 is 22.0 Å². The highest BCUT2D eigenvalue weighted by atomic mass is 32.1. The van der Waals surface area contributed by atoms with Crippen LogP contribution in [0.5, 0.6) is 5.88 Å². The molecule has 0 radical (unpaired) electrons. The van der Waals surface area contributed by atoms with Crippen LogP contribution in [0.3, 0.4) is 0 Å². The Morgan fingerprint density at radius 3 is 2.16 bits per heavy atom. The van der Waals surface area contributed by atoms with Crippen LogP contribution < -0.4 is 4.90 Å². The molecule has 6 nitrogen and oxygen atoms in total. The van der Waals surface area contributed by atoms with E-state index < -0.39 is 0 Å². The second-order valence-electron chi connectivity index (χ2n) is 7.60. The fraction of sp³-hybridized carbons (Fsp3) is 0.273. The Balaban J connectivity index is 1.46. The van der Waals surface area contributed by atoms with E-state index in [0.717, 1.165) is 42.3 Å². The van der Waals surface area contributed by atoms with Gasteiger partial charge in [-0.1, -0.05) is 23.5 Å². The molecule has 31 heavy (non-hydrogen) atoms. The molecule has 1 atom stereocenters. The van der Waals surface area contributed by atoms with E-state index in [1.165, 1.54) is 40.1 Å². The molecule has 0 aliphatic carbocycles. The number of nitrogens with zero attached hydrogens (tertiary/aromatic N) is 5. The van der Waals surface area contributed by atoms with Crippen molar-refractivity contribution in [3.8, 4) is 5.88 Å². The largest absolute Gasteiger partial charge is 0.492 e. The van der Waals surface area contributed by atoms with Gasteiger partial charge in [-0.15, -0.1) is 5.10 Å². The van der Waals surface area contributed by atoms with Crippen LogP contribution in [0.25, 0.3) is 4.96 Å². The number of aromatic hydroxyl groups is 1. The van der Waals surface area contributed by atoms with Crippen molar-refractivity contribution in [2.75, 3.05) is 31.1 Å². The summed E-state index contributed by atoms with van der Waals surface area (Å²) in [6.45, 7) is 4.75. The average molecular weight is 442 g/mol. The fourth-order valence-electron chi connectivity index (χ4n) is 4.09. The highest BCUT2D eigenvalue weighted by Crippen LogP contribution is 2.40. The minimum atomic E-state index is -0.300. The van der Waals surface area contributed by atoms with E-state index in [9.17, 15) is 13.9 Å². The minimum absolute atomic E-state index is 0.0656. The molecule has 3 heterocycles. The van der Waals surface area contributed by atoms with Crippen LogP contribution in [0.4, 0.5) is 14.5 Å². The molecule has 9 heteroatoms. The number of hydrogen-bond donors (Lipinski definition) is 1. The van der Waals surface area contributed by atoms with Crippen LogP contribution in [0.1, 0.15) is 22.3 Å². The Morgan fingerprint density at radius 1 is 0.935 bits per heavy atom. The van der Waals surface area contributed by atoms with Crippen molar-refractivity contribution in [1.29, 1.82) is 0 Å². The van der Waals surface area contributed by atoms with Gasteiger partial charge in [0.1, 0.15) is 17.5 Å². The summed E-state index contributed by atoms with van der Waals surface area (Å²) in [5.74, 6) is 0.113. The topological polar surface area (TPSA) is 56.9 Å². The van der Waals surface area contributed by atoms with Gasteiger partial charge in [0.15, 0.2) is 0 Å². The average Bonchev–Trinajstić information content (AvgIpc) is 3.28. The standard InChI is InChI=1S/C22H21F2N5OS/c1-14-25-22-29(26-14)21(30)20(31-22)19(15-2-4-16(23)5-3-15)28-12-10-27(11-13-28)18-8-6-17(24)7-9-18/h2-9,19,30H,10-13H2,1H3/t19-/m1/s1. The Hall–Kier alpha value is -3.04. The van der Waals surface area contributed by atoms with Crippen LogP contribution in [0, 0.1) is 18.6 Å². The second kappa shape index (κ2) is 7.90. The van der Waals surface area contributed by atoms with E-state index in [4.69, 9.17) is 0 Å². The molecule has 2 aromatic heterocycles. The summed E-state index contributed by atoms with van der Waals surface area (Å²) in [6, 6.07) is 12.7. The summed E-state index contributed by atoms with van der Waals surface area (Å²) in [6.07, 6.45) is 0. The molecule has 1 aliphatic heterocycles. The first-order valence-corrected chi connectivity index (χ1v) is 10.9. The van der Waals surface area contributed by atoms with Crippen molar-refractivity contribution in [2.45, 2.75) is 13.0 Å². The van der Waals surface area contributed by atoms with Crippen molar-refractivity contribution < 1.29 is 13.9 Å². The number of halogens is 2. The smallest absolute Gasteiger partial charge is 0.230 e. The van der Waals surface area contributed by atoms with Crippen molar-refractivity contribution in [3.63, 3.8) is 0 Å². The van der Waals surface area contributed by atoms with Crippen LogP contribution in [0.2, 0.25) is 0 Å². The molecule has 1 saturated heterocycles. The summed E-state index contributed by atoms with van der Waals surface area (Å²) >= 11 is 1.39. The normalized spacial score (nSPS) is 16.2. The molecular weight excluding hydrogens is 420 g/mol. The number of aromatic nitrogens is 3. The zero-order valence-electron chi connectivity index (χ0n) is 16.9. The molecule has 1 aliphatic rings. The number of thiazole rings is 1. The lowest BCUT2D eigenvalue weighted by atomic mass is 10.0. The number of fused-ring (bicyclic) bond motifs is 1. The van der Waals surface area contributed by atoms with Crippen molar-refractivity contribution in [1.82, 2.24) is 19.5 Å². The molecule has 0 saturated carbocycles. The first-order chi connectivity index (χ1) is 15.0. The molecule has 0 amide bonds. The molecule has 5 rings (SSSR count). The molecule has 4 aromatic rings. The third-order valence-electron chi connectivity index (χ3n) is 5.61. The summed E-state index contributed by atoms with van der Waals surface area (Å²) in [5.41, 5.74) is 1.88. The van der Waals surface area contributed by atoms with E-state index in [-0.39, 0.29) is 23.6 Å². The number of rotatable bonds is 4. The zero-order valence-corrected chi connectivity index (χ0v) is 17.7. The molecule has 0 unspecified atom stereocenters. The first kappa shape index (κ1) is 19.9. The van der Waals surface area contributed by atoms with Gasteiger partial charge in [-0.05, 0) is 48.9 Å². The maximum Gasteiger partial charge on any atom is 0.230 e. The van der Waals surface area contributed by atoms with E-state index >= 15 is 0 Å². The summed E-state index contributed by atoms with van der Waals surface area (Å²) in [7, 11) is 0. The summed E-state index contributed by atoms with van der Waals surface area (Å²) in [5, 5.41) is 15.2. The summed E-state index contributed by atoms with van der Waals surface area (Å²) < 4.78 is 28.3. The SMILES string of the molecule is Cc1nc2sc([C@@H](c3ccc(F)cc3)N3CCN(c4ccc(F)cc4)CC3)c(O)n2n1. The third kappa shape index (κ3) is 3.75. The lowest BCUT2D eigenvalue weighted by Crippen LogP contribution is -2.47. The van der Waals surface area contributed by atoms with Gasteiger partial charge in [0.05, 0.1) is 10.9 Å². The van der Waals surface area contributed by atoms with E-state index in [0.29, 0.717) is 10.8 Å². The quantitative estimate of drug-likeness (QED) is 0.519. The number of piperazine rings is 1. The van der Waals surface area contributed by atoms with Crippen LogP contribution >= 0.6 is 11.3 Å². The first-order valence-electron chi connectivity index (χ1n) is 10.0. The number of anilines is 1. The number of benzene rings is 2. The van der Waals surface area contributed by atoms with Gasteiger partial charge in [-0.2, -0.15) is 4.52 Å². The van der Waals surface area contributed by atoms with Crippen molar-refractivity contribution in [2.24, 2.45) is 0 Å². The predicted molar refractivity (Wildman–Crippen MR) is 116 cm³/mol. The van der Waals surface area contributed by atoms with Gasteiger partial charge in [0.2, 0.25) is 10.8 Å². The van der Waals surface area contributed by atoms with Gasteiger partial charge in [0.25, 0.3) is 0 Å². The minimum Gasteiger partial charge on any atom is -0.492 e. The van der Waals surface area contributed by atoms with Crippen molar-refractivity contribution in [3.05, 3.63) is 76.4 Å². The zero-order chi connectivity index (χ0) is 21.5. The lowest BCUT2D eigenvalue weighted by molar-refractivity contribution is 0.211. The third-order valence-corrected chi connectivity index (χ3v) is 6.68. The Kier molecular flexibility index (Phi) is 5.07. The van der Waals surface area contributed by atoms with E-state index in [2.05, 4.69) is 19.9 Å². The fourth-order valence-corrected chi connectivity index (χ4v) is 5.25. The van der Waals surface area contributed by atoms with Gasteiger partial charge >= 0.3 is 0 Å². The molecule has 0 spiro atoms. The van der Waals surface area contributed by atoms with Crippen LogP contribution in [-0.2, 0) is 0 Å². The molecule has 0 bridgehead atoms. The lowest BCUT2D eigenvalue weighted by Gasteiger charge is -2.40. The van der Waals surface area contributed by atoms with Crippen LogP contribution in [-0.4, -0.2) is 50.8 Å². The maximum atomic E-state index is 13.6. The summed E-state index contributed by atoms with van der Waals surface area (Å²) in [4.78, 5) is 10.2. The van der Waals surface area contributed by atoms with Gasteiger partial charge in [-0.25, -0.2) is 13.8 Å². The Bertz CT molecular complexity index is 1200. The van der Waals surface area contributed by atoms with Gasteiger partial charge in [-0.3, -0.25) is 4.90 Å². The highest BCUT2D eigenvalue weighted by molar-refractivity contribution is 7.17. The second-order valence-corrected chi connectivity index (χ2v) is 8.61. The Labute approximate surface area is 182 Å². The van der Waals surface area contributed by atoms with E-state index in [1.54, 1.807) is 31.2 Å². The number of aryl methyl sites for hydroxylation is 1. The monoisotopic (exact) mass is 441 g/mol. The van der Waals surface area contributed by atoms with Crippen LogP contribution in [0.15, 0.2) is 48.5 Å². The van der Waals surface area contributed by atoms with Gasteiger partial charge in [0, 0.05) is 31.9 Å².